The van der Waals surface area contributed by atoms with Crippen LogP contribution in [-0.2, 0) is 4.79 Å². The lowest BCUT2D eigenvalue weighted by Crippen LogP contribution is -2.27. The molecule has 3 N–H and O–H groups in total. The van der Waals surface area contributed by atoms with E-state index in [4.69, 9.17) is 4.98 Å². The number of hydrogen-bond donors (Lipinski definition) is 3. The lowest BCUT2D eigenvalue weighted by atomic mass is 10.1. The second-order valence-corrected chi connectivity index (χ2v) is 10.5. The van der Waals surface area contributed by atoms with Crippen LogP contribution in [0.25, 0.3) is 55.2 Å². The van der Waals surface area contributed by atoms with Crippen LogP contribution in [0.3, 0.4) is 0 Å². The zero-order valence-electron chi connectivity index (χ0n) is 21.4. The molecule has 39 heavy (non-hydrogen) atoms. The first-order valence-electron chi connectivity index (χ1n) is 12.2. The number of likely N-dealkylation sites (N-methyl/N-ethyl adjacent to an activating group) is 1. The van der Waals surface area contributed by atoms with Crippen LogP contribution in [0, 0.1) is 0 Å². The van der Waals surface area contributed by atoms with E-state index >= 15 is 0 Å². The summed E-state index contributed by atoms with van der Waals surface area (Å²) in [5, 5.41) is 11.4. The number of ketones is 1. The third-order valence-electron chi connectivity index (χ3n) is 6.19. The summed E-state index contributed by atoms with van der Waals surface area (Å²) in [4.78, 5) is 44.6. The minimum Gasteiger partial charge on any atom is -0.338 e. The van der Waals surface area contributed by atoms with Gasteiger partial charge in [-0.05, 0) is 63.5 Å². The molecule has 0 saturated heterocycles. The van der Waals surface area contributed by atoms with Crippen LogP contribution in [-0.4, -0.2) is 67.4 Å². The second kappa shape index (κ2) is 9.86. The SMILES string of the molecule is CC(=O)c1ccc(-c2ccnc3[nH]c(-c4n[nH]c5ccc(-c6cncc(NC(=O)CN(C)C)c6)nc45)cc23)s1. The van der Waals surface area contributed by atoms with Crippen molar-refractivity contribution >= 4 is 50.8 Å². The standard InChI is InChI=1S/C28H24N8O2S/c1-15(37)23-6-7-24(39-23)18-8-9-30-28-19(18)11-22(33-28)27-26-21(34-35-27)5-4-20(32-26)16-10-17(13-29-12-16)31-25(38)14-36(2)3/h4-13H,14H2,1-3H3,(H,30,33)(H,31,38)(H,34,35). The maximum Gasteiger partial charge on any atom is 0.238 e. The molecule has 6 heterocycles. The van der Waals surface area contributed by atoms with Gasteiger partial charge in [0.15, 0.2) is 5.78 Å². The molecule has 0 aliphatic rings. The zero-order chi connectivity index (χ0) is 27.1. The molecule has 0 bridgehead atoms. The fraction of sp³-hybridized carbons (Fsp3) is 0.143. The fourth-order valence-electron chi connectivity index (χ4n) is 4.42. The number of aromatic amines is 2. The number of anilines is 1. The van der Waals surface area contributed by atoms with Gasteiger partial charge in [-0.15, -0.1) is 11.3 Å². The van der Waals surface area contributed by atoms with Gasteiger partial charge < -0.3 is 15.2 Å². The Labute approximate surface area is 227 Å². The quantitative estimate of drug-likeness (QED) is 0.245. The number of aromatic nitrogens is 6. The Kier molecular flexibility index (Phi) is 6.21. The van der Waals surface area contributed by atoms with E-state index < -0.39 is 0 Å². The molecule has 1 amide bonds. The summed E-state index contributed by atoms with van der Waals surface area (Å²) in [6, 6.07) is 13.4. The third kappa shape index (κ3) is 4.80. The summed E-state index contributed by atoms with van der Waals surface area (Å²) < 4.78 is 0. The number of carbonyl (C=O) groups excluding carboxylic acids is 2. The molecule has 0 saturated carbocycles. The number of nitrogens with zero attached hydrogens (tertiary/aromatic N) is 5. The summed E-state index contributed by atoms with van der Waals surface area (Å²) in [6.07, 6.45) is 5.08. The number of Topliss-reactive ketones (excluding diaryl/α,β-unsaturated/α-hetero) is 1. The average molecular weight is 537 g/mol. The van der Waals surface area contributed by atoms with Crippen LogP contribution >= 0.6 is 11.3 Å². The number of fused-ring (bicyclic) bond motifs is 2. The molecule has 0 radical (unpaired) electrons. The molecule has 6 rings (SSSR count). The van der Waals surface area contributed by atoms with Crippen LogP contribution in [0.4, 0.5) is 5.69 Å². The molecule has 0 aliphatic heterocycles. The number of pyridine rings is 3. The van der Waals surface area contributed by atoms with E-state index in [0.717, 1.165) is 43.1 Å². The first kappa shape index (κ1) is 24.6. The monoisotopic (exact) mass is 536 g/mol. The second-order valence-electron chi connectivity index (χ2n) is 9.44. The summed E-state index contributed by atoms with van der Waals surface area (Å²) >= 11 is 1.47. The van der Waals surface area contributed by atoms with E-state index in [0.29, 0.717) is 22.6 Å². The largest absolute Gasteiger partial charge is 0.338 e. The number of thiophene rings is 1. The van der Waals surface area contributed by atoms with Crippen LogP contribution in [0.5, 0.6) is 0 Å². The van der Waals surface area contributed by atoms with E-state index in [9.17, 15) is 9.59 Å². The number of rotatable bonds is 7. The number of hydrogen-bond acceptors (Lipinski definition) is 8. The van der Waals surface area contributed by atoms with Crippen molar-refractivity contribution in [2.45, 2.75) is 6.92 Å². The Morgan fingerprint density at radius 1 is 1.08 bits per heavy atom. The molecule has 0 fully saturated rings. The molecule has 0 aromatic carbocycles. The highest BCUT2D eigenvalue weighted by molar-refractivity contribution is 7.17. The molecule has 6 aromatic heterocycles. The van der Waals surface area contributed by atoms with Crippen molar-refractivity contribution in [2.24, 2.45) is 0 Å². The highest BCUT2D eigenvalue weighted by atomic mass is 32.1. The zero-order valence-corrected chi connectivity index (χ0v) is 22.3. The van der Waals surface area contributed by atoms with Crippen LogP contribution in [0.15, 0.2) is 61.1 Å². The van der Waals surface area contributed by atoms with Crippen LogP contribution in [0.2, 0.25) is 0 Å². The van der Waals surface area contributed by atoms with Crippen molar-refractivity contribution < 1.29 is 9.59 Å². The minimum absolute atomic E-state index is 0.0489. The molecular formula is C28H24N8O2S. The van der Waals surface area contributed by atoms with Crippen LogP contribution in [0.1, 0.15) is 16.6 Å². The normalized spacial score (nSPS) is 11.5. The number of amides is 1. The Balaban J connectivity index is 1.37. The molecule has 0 spiro atoms. The van der Waals surface area contributed by atoms with Gasteiger partial charge in [0.2, 0.25) is 5.91 Å². The Morgan fingerprint density at radius 2 is 1.95 bits per heavy atom. The van der Waals surface area contributed by atoms with Gasteiger partial charge in [0.05, 0.1) is 40.2 Å². The number of nitrogens with one attached hydrogen (secondary N) is 3. The maximum absolute atomic E-state index is 12.2. The lowest BCUT2D eigenvalue weighted by Gasteiger charge is -2.10. The first-order chi connectivity index (χ1) is 18.9. The van der Waals surface area contributed by atoms with Crippen molar-refractivity contribution in [2.75, 3.05) is 26.0 Å². The van der Waals surface area contributed by atoms with Crippen molar-refractivity contribution in [3.8, 4) is 33.1 Å². The smallest absolute Gasteiger partial charge is 0.238 e. The molecule has 10 nitrogen and oxygen atoms in total. The first-order valence-corrected chi connectivity index (χ1v) is 13.0. The van der Waals surface area contributed by atoms with Crippen molar-refractivity contribution in [3.63, 3.8) is 0 Å². The van der Waals surface area contributed by atoms with Gasteiger partial charge >= 0.3 is 0 Å². The minimum atomic E-state index is -0.119. The highest BCUT2D eigenvalue weighted by Crippen LogP contribution is 2.36. The van der Waals surface area contributed by atoms with Gasteiger partial charge in [-0.25, -0.2) is 9.97 Å². The van der Waals surface area contributed by atoms with Crippen molar-refractivity contribution in [1.29, 1.82) is 0 Å². The van der Waals surface area contributed by atoms with Gasteiger partial charge in [-0.2, -0.15) is 5.10 Å². The topological polar surface area (TPSA) is 133 Å². The van der Waals surface area contributed by atoms with Gasteiger partial charge in [0.25, 0.3) is 0 Å². The van der Waals surface area contributed by atoms with E-state index in [2.05, 4.69) is 30.5 Å². The molecule has 194 valence electrons. The predicted molar refractivity (Wildman–Crippen MR) is 153 cm³/mol. The summed E-state index contributed by atoms with van der Waals surface area (Å²) in [6.45, 7) is 1.85. The lowest BCUT2D eigenvalue weighted by molar-refractivity contribution is -0.116. The molecular weight excluding hydrogens is 512 g/mol. The molecule has 0 aliphatic carbocycles. The van der Waals surface area contributed by atoms with Gasteiger partial charge in [0, 0.05) is 33.8 Å². The molecule has 0 unspecified atom stereocenters. The van der Waals surface area contributed by atoms with Crippen LogP contribution < -0.4 is 5.32 Å². The molecule has 11 heteroatoms. The van der Waals surface area contributed by atoms with Crippen molar-refractivity contribution in [1.82, 2.24) is 35.0 Å². The Hall–Kier alpha value is -4.74. The molecule has 0 atom stereocenters. The van der Waals surface area contributed by atoms with E-state index in [1.165, 1.54) is 11.3 Å². The number of H-pyrrole nitrogens is 2. The number of carbonyl (C=O) groups is 2. The van der Waals surface area contributed by atoms with Gasteiger partial charge in [-0.1, -0.05) is 0 Å². The van der Waals surface area contributed by atoms with E-state index in [-0.39, 0.29) is 18.2 Å². The van der Waals surface area contributed by atoms with E-state index in [1.54, 1.807) is 30.4 Å². The van der Waals surface area contributed by atoms with Gasteiger partial charge in [0.1, 0.15) is 16.9 Å². The summed E-state index contributed by atoms with van der Waals surface area (Å²) in [5.74, 6) is -0.0702. The molecule has 6 aromatic rings. The Bertz CT molecular complexity index is 1870. The summed E-state index contributed by atoms with van der Waals surface area (Å²) in [7, 11) is 3.68. The van der Waals surface area contributed by atoms with Crippen molar-refractivity contribution in [3.05, 3.63) is 65.9 Å². The average Bonchev–Trinajstić information content (AvgIpc) is 3.65. The highest BCUT2D eigenvalue weighted by Gasteiger charge is 2.17. The fourth-order valence-corrected chi connectivity index (χ4v) is 5.37. The maximum atomic E-state index is 12.2. The van der Waals surface area contributed by atoms with E-state index in [1.807, 2.05) is 56.6 Å². The Morgan fingerprint density at radius 3 is 2.74 bits per heavy atom. The summed E-state index contributed by atoms with van der Waals surface area (Å²) in [5.41, 5.74) is 6.70. The third-order valence-corrected chi connectivity index (χ3v) is 7.41. The van der Waals surface area contributed by atoms with Gasteiger partial charge in [-0.3, -0.25) is 19.7 Å². The predicted octanol–water partition coefficient (Wildman–Crippen LogP) is 4.99.